The number of hydrogen-bond acceptors (Lipinski definition) is 3. The summed E-state index contributed by atoms with van der Waals surface area (Å²) < 4.78 is 0. The summed E-state index contributed by atoms with van der Waals surface area (Å²) in [6.07, 6.45) is 3.59. The number of hydrogen-bond donors (Lipinski definition) is 2. The number of anilines is 1. The van der Waals surface area contributed by atoms with Crippen LogP contribution in [0.2, 0.25) is 0 Å². The molecule has 0 aromatic heterocycles. The first-order valence-corrected chi connectivity index (χ1v) is 7.72. The number of phenolic OH excluding ortho intramolecular Hbond substituents is 1. The lowest BCUT2D eigenvalue weighted by Gasteiger charge is -2.26. The fraction of sp³-hybridized carbons (Fsp3) is 0.588. The Hall–Kier alpha value is -1.55. The topological polar surface area (TPSA) is 52.6 Å². The number of aromatic hydroxyl groups is 1. The van der Waals surface area contributed by atoms with Gasteiger partial charge in [0.2, 0.25) is 5.91 Å². The van der Waals surface area contributed by atoms with E-state index in [0.717, 1.165) is 31.5 Å². The summed E-state index contributed by atoms with van der Waals surface area (Å²) in [5.74, 6) is 0.0632. The highest BCUT2D eigenvalue weighted by Gasteiger charge is 2.18. The largest absolute Gasteiger partial charge is 0.506 e. The van der Waals surface area contributed by atoms with Crippen LogP contribution in [0.25, 0.3) is 0 Å². The highest BCUT2D eigenvalue weighted by Crippen LogP contribution is 2.30. The molecule has 21 heavy (non-hydrogen) atoms. The second kappa shape index (κ2) is 6.48. The number of piperidine rings is 1. The molecule has 0 atom stereocenters. The van der Waals surface area contributed by atoms with E-state index in [0.29, 0.717) is 12.2 Å². The smallest absolute Gasteiger partial charge is 0.238 e. The summed E-state index contributed by atoms with van der Waals surface area (Å²) in [7, 11) is 0. The van der Waals surface area contributed by atoms with Gasteiger partial charge in [-0.25, -0.2) is 0 Å². The number of carbonyl (C=O) groups excluding carboxylic acids is 1. The number of nitrogens with one attached hydrogen (secondary N) is 1. The molecule has 0 bridgehead atoms. The average Bonchev–Trinajstić information content (AvgIpc) is 2.41. The maximum atomic E-state index is 12.1. The van der Waals surface area contributed by atoms with Crippen LogP contribution in [-0.2, 0) is 10.2 Å². The van der Waals surface area contributed by atoms with Gasteiger partial charge in [0.05, 0.1) is 12.2 Å². The van der Waals surface area contributed by atoms with Gasteiger partial charge in [-0.3, -0.25) is 9.69 Å². The van der Waals surface area contributed by atoms with Gasteiger partial charge in [0, 0.05) is 0 Å². The Morgan fingerprint density at radius 2 is 1.90 bits per heavy atom. The molecule has 0 unspecified atom stereocenters. The third-order valence-electron chi connectivity index (χ3n) is 3.95. The first-order chi connectivity index (χ1) is 9.86. The molecule has 4 nitrogen and oxygen atoms in total. The summed E-state index contributed by atoms with van der Waals surface area (Å²) >= 11 is 0. The zero-order chi connectivity index (χ0) is 15.5. The van der Waals surface area contributed by atoms with Gasteiger partial charge < -0.3 is 10.4 Å². The third-order valence-corrected chi connectivity index (χ3v) is 3.95. The van der Waals surface area contributed by atoms with E-state index in [1.54, 1.807) is 6.07 Å². The summed E-state index contributed by atoms with van der Waals surface area (Å²) in [5, 5.41) is 12.8. The van der Waals surface area contributed by atoms with Crippen molar-refractivity contribution in [3.63, 3.8) is 0 Å². The van der Waals surface area contributed by atoms with Gasteiger partial charge in [-0.1, -0.05) is 33.3 Å². The number of carbonyl (C=O) groups is 1. The highest BCUT2D eigenvalue weighted by molar-refractivity contribution is 5.93. The monoisotopic (exact) mass is 290 g/mol. The second-order valence-electron chi connectivity index (χ2n) is 6.87. The molecule has 0 aliphatic carbocycles. The predicted molar refractivity (Wildman–Crippen MR) is 85.7 cm³/mol. The maximum Gasteiger partial charge on any atom is 0.238 e. The van der Waals surface area contributed by atoms with Gasteiger partial charge >= 0.3 is 0 Å². The number of benzene rings is 1. The minimum Gasteiger partial charge on any atom is -0.506 e. The van der Waals surface area contributed by atoms with Crippen LogP contribution >= 0.6 is 0 Å². The van der Waals surface area contributed by atoms with Crippen LogP contribution in [0, 0.1) is 0 Å². The van der Waals surface area contributed by atoms with Crippen LogP contribution in [-0.4, -0.2) is 35.5 Å². The second-order valence-corrected chi connectivity index (χ2v) is 6.87. The molecule has 116 valence electrons. The molecule has 0 saturated carbocycles. The molecule has 1 aliphatic heterocycles. The fourth-order valence-electron chi connectivity index (χ4n) is 2.61. The van der Waals surface area contributed by atoms with Gasteiger partial charge in [-0.05, 0) is 49.0 Å². The van der Waals surface area contributed by atoms with E-state index in [2.05, 4.69) is 31.0 Å². The van der Waals surface area contributed by atoms with Crippen LogP contribution in [0.3, 0.4) is 0 Å². The van der Waals surface area contributed by atoms with Crippen molar-refractivity contribution >= 4 is 11.6 Å². The van der Waals surface area contributed by atoms with E-state index >= 15 is 0 Å². The molecular weight excluding hydrogens is 264 g/mol. The third kappa shape index (κ3) is 4.46. The van der Waals surface area contributed by atoms with Crippen LogP contribution in [0.1, 0.15) is 45.6 Å². The van der Waals surface area contributed by atoms with Crippen LogP contribution in [0.4, 0.5) is 5.69 Å². The summed E-state index contributed by atoms with van der Waals surface area (Å²) in [6, 6.07) is 5.41. The van der Waals surface area contributed by atoms with Crippen molar-refractivity contribution in [3.05, 3.63) is 23.8 Å². The fourth-order valence-corrected chi connectivity index (χ4v) is 2.61. The lowest BCUT2D eigenvalue weighted by atomic mass is 9.87. The van der Waals surface area contributed by atoms with Crippen molar-refractivity contribution in [2.24, 2.45) is 0 Å². The number of nitrogens with zero attached hydrogens (tertiary/aromatic N) is 1. The molecule has 1 aromatic carbocycles. The molecule has 1 saturated heterocycles. The van der Waals surface area contributed by atoms with Crippen molar-refractivity contribution in [3.8, 4) is 5.75 Å². The Balaban J connectivity index is 2.02. The van der Waals surface area contributed by atoms with Crippen LogP contribution in [0.5, 0.6) is 5.75 Å². The number of amides is 1. The highest BCUT2D eigenvalue weighted by atomic mass is 16.3. The van der Waals surface area contributed by atoms with E-state index in [9.17, 15) is 9.90 Å². The molecule has 1 fully saturated rings. The Kier molecular flexibility index (Phi) is 4.88. The summed E-state index contributed by atoms with van der Waals surface area (Å²) in [5.41, 5.74) is 1.58. The molecule has 2 rings (SSSR count). The quantitative estimate of drug-likeness (QED) is 0.841. The first-order valence-electron chi connectivity index (χ1n) is 7.72. The number of likely N-dealkylation sites (tertiary alicyclic amines) is 1. The number of phenols is 1. The van der Waals surface area contributed by atoms with Crippen molar-refractivity contribution in [1.82, 2.24) is 4.90 Å². The zero-order valence-electron chi connectivity index (χ0n) is 13.3. The van der Waals surface area contributed by atoms with E-state index < -0.39 is 0 Å². The van der Waals surface area contributed by atoms with E-state index in [4.69, 9.17) is 0 Å². The Bertz CT molecular complexity index is 500. The molecule has 2 N–H and O–H groups in total. The minimum atomic E-state index is -0.0572. The predicted octanol–water partition coefficient (Wildman–Crippen LogP) is 3.11. The van der Waals surface area contributed by atoms with Crippen molar-refractivity contribution < 1.29 is 9.90 Å². The van der Waals surface area contributed by atoms with Crippen molar-refractivity contribution in [1.29, 1.82) is 0 Å². The van der Waals surface area contributed by atoms with E-state index in [-0.39, 0.29) is 17.1 Å². The zero-order valence-corrected chi connectivity index (χ0v) is 13.3. The lowest BCUT2D eigenvalue weighted by molar-refractivity contribution is -0.117. The van der Waals surface area contributed by atoms with Gasteiger partial charge in [0.25, 0.3) is 0 Å². The first kappa shape index (κ1) is 15.8. The van der Waals surface area contributed by atoms with Crippen molar-refractivity contribution in [2.45, 2.75) is 45.4 Å². The molecular formula is C17H26N2O2. The minimum absolute atomic E-state index is 0.0138. The Morgan fingerprint density at radius 1 is 1.24 bits per heavy atom. The normalized spacial score (nSPS) is 16.7. The maximum absolute atomic E-state index is 12.1. The molecule has 1 aromatic rings. The van der Waals surface area contributed by atoms with E-state index in [1.165, 1.54) is 6.42 Å². The lowest BCUT2D eigenvalue weighted by Crippen LogP contribution is -2.36. The molecule has 1 amide bonds. The molecule has 1 aliphatic rings. The summed E-state index contributed by atoms with van der Waals surface area (Å²) in [4.78, 5) is 14.3. The number of rotatable bonds is 3. The van der Waals surface area contributed by atoms with Crippen molar-refractivity contribution in [2.75, 3.05) is 25.0 Å². The standard InChI is InChI=1S/C17H26N2O2/c1-17(2,3)13-7-8-15(20)14(11-13)18-16(21)12-19-9-5-4-6-10-19/h7-8,11,20H,4-6,9-10,12H2,1-3H3,(H,18,21). The molecule has 1 heterocycles. The molecule has 0 radical (unpaired) electrons. The van der Waals surface area contributed by atoms with Gasteiger partial charge in [-0.2, -0.15) is 0 Å². The van der Waals surface area contributed by atoms with Gasteiger partial charge in [0.15, 0.2) is 0 Å². The van der Waals surface area contributed by atoms with E-state index in [1.807, 2.05) is 12.1 Å². The van der Waals surface area contributed by atoms with Gasteiger partial charge in [0.1, 0.15) is 5.75 Å². The molecule has 4 heteroatoms. The van der Waals surface area contributed by atoms with Gasteiger partial charge in [-0.15, -0.1) is 0 Å². The van der Waals surface area contributed by atoms with Crippen LogP contribution in [0.15, 0.2) is 18.2 Å². The Labute approximate surface area is 127 Å². The SMILES string of the molecule is CC(C)(C)c1ccc(O)c(NC(=O)CN2CCCCC2)c1. The summed E-state index contributed by atoms with van der Waals surface area (Å²) in [6.45, 7) is 8.71. The van der Waals surface area contributed by atoms with Crippen LogP contribution < -0.4 is 5.32 Å². The Morgan fingerprint density at radius 3 is 2.52 bits per heavy atom. The molecule has 0 spiro atoms. The average molecular weight is 290 g/mol.